The number of benzene rings is 2. The summed E-state index contributed by atoms with van der Waals surface area (Å²) in [6, 6.07) is 21.9. The number of H-pyrrole nitrogens is 1. The van der Waals surface area contributed by atoms with E-state index in [1.807, 2.05) is 6.92 Å². The third kappa shape index (κ3) is 11.5. The standard InChI is InChI=1S/C59H73FN10O7S/c1-37(2)45-8-6-7-9-47(45)52-36-68(35-40-12-14-46(39-10-11-39)57(65-40)76-5)24-25-70(52)42-29-59(30-42)20-22-69(23-21-59)41-13-15-48(53(26-41)77-43-27-49-50(60)34-64-54(49)62-32-43)56(71)66-78(74,75)44-28-51(67(4)73)55(63-33-44)61-31-38-16-18-58(3,72)19-17-38/h6-9,12-15,26-28,32-34,37-39,42,52,67,72H,10-11,16-25,29-31,35-36H2,1-5H3,(H,61,63)(H,62,64)(H,66,71)/t38?,52-,58?/m0/s1. The molecule has 3 aliphatic carbocycles. The Morgan fingerprint density at radius 3 is 2.46 bits per heavy atom. The Hall–Kier alpha value is -6.22. The molecule has 17 nitrogen and oxygen atoms in total. The molecule has 4 aromatic heterocycles. The van der Waals surface area contributed by atoms with Crippen LogP contribution in [0.1, 0.15) is 136 Å². The highest BCUT2D eigenvalue weighted by Gasteiger charge is 2.50. The molecule has 6 heterocycles. The SMILES string of the molecule is COc1nc(CN2CCN(C3CC4(CCN(c5ccc(C(=O)NS(=O)(=O)c6cnc(NCC7CCC(C)(O)CC7)c([NH+](C)[O-])c6)c(Oc6cnc7[nH]cc(F)c7c6)c5)CC4)C3)[C@H](c3ccccc3C(C)C)C2)ccc1C1CC1. The summed E-state index contributed by atoms with van der Waals surface area (Å²) < 4.78 is 57.0. The first-order valence-electron chi connectivity index (χ1n) is 27.8. The number of piperazine rings is 1. The molecule has 1 spiro atoms. The normalized spacial score (nSPS) is 22.6. The summed E-state index contributed by atoms with van der Waals surface area (Å²) in [7, 11) is -1.50. The molecule has 78 heavy (non-hydrogen) atoms. The van der Waals surface area contributed by atoms with Crippen molar-refractivity contribution in [3.63, 3.8) is 0 Å². The van der Waals surface area contributed by atoms with Crippen molar-refractivity contribution in [2.24, 2.45) is 11.3 Å². The predicted octanol–water partition coefficient (Wildman–Crippen LogP) is 8.72. The molecule has 19 heteroatoms. The van der Waals surface area contributed by atoms with Crippen LogP contribution in [0.2, 0.25) is 0 Å². The fourth-order valence-corrected chi connectivity index (χ4v) is 13.6. The number of anilines is 2. The summed E-state index contributed by atoms with van der Waals surface area (Å²) in [5.74, 6) is 0.949. The van der Waals surface area contributed by atoms with Gasteiger partial charge in [0.15, 0.2) is 11.5 Å². The van der Waals surface area contributed by atoms with Gasteiger partial charge in [-0.25, -0.2) is 32.5 Å². The Balaban J connectivity index is 0.782. The van der Waals surface area contributed by atoms with Gasteiger partial charge in [0, 0.05) is 87.5 Å². The highest BCUT2D eigenvalue weighted by atomic mass is 32.2. The molecule has 2 aliphatic heterocycles. The number of methoxy groups -OCH3 is 1. The summed E-state index contributed by atoms with van der Waals surface area (Å²) in [4.78, 5) is 37.9. The fourth-order valence-electron chi connectivity index (χ4n) is 12.6. The van der Waals surface area contributed by atoms with E-state index >= 15 is 0 Å². The summed E-state index contributed by atoms with van der Waals surface area (Å²) in [5.41, 5.74) is 5.69. The lowest BCUT2D eigenvalue weighted by Crippen LogP contribution is -2.98. The number of hydrogen-bond acceptors (Lipinski definition) is 14. The number of carbonyl (C=O) groups is 1. The van der Waals surface area contributed by atoms with Crippen LogP contribution in [0, 0.1) is 22.4 Å². The molecule has 2 saturated heterocycles. The maximum absolute atomic E-state index is 14.8. The van der Waals surface area contributed by atoms with Gasteiger partial charge in [0.25, 0.3) is 15.9 Å². The summed E-state index contributed by atoms with van der Waals surface area (Å²) >= 11 is 0. The van der Waals surface area contributed by atoms with E-state index in [4.69, 9.17) is 14.5 Å². The Bertz CT molecular complexity index is 3270. The number of nitrogens with zero attached hydrogens (tertiary/aromatic N) is 6. The van der Waals surface area contributed by atoms with Crippen LogP contribution in [-0.2, 0) is 16.6 Å². The average Bonchev–Trinajstić information content (AvgIpc) is 4.32. The van der Waals surface area contributed by atoms with Gasteiger partial charge in [-0.3, -0.25) is 14.6 Å². The Labute approximate surface area is 456 Å². The maximum atomic E-state index is 14.8. The zero-order valence-corrected chi connectivity index (χ0v) is 46.2. The van der Waals surface area contributed by atoms with Crippen LogP contribution in [0.15, 0.2) is 90.2 Å². The number of hydroxylamine groups is 1. The summed E-state index contributed by atoms with van der Waals surface area (Å²) in [5, 5.41) is 26.2. The number of quaternary nitrogens is 1. The Kier molecular flexibility index (Phi) is 15.0. The van der Waals surface area contributed by atoms with Gasteiger partial charge in [0.2, 0.25) is 5.88 Å². The highest BCUT2D eigenvalue weighted by Crippen LogP contribution is 2.54. The number of aromatic amines is 1. The van der Waals surface area contributed by atoms with Crippen molar-refractivity contribution in [3.05, 3.63) is 124 Å². The van der Waals surface area contributed by atoms with Gasteiger partial charge < -0.3 is 40.1 Å². The van der Waals surface area contributed by atoms with Crippen LogP contribution >= 0.6 is 0 Å². The van der Waals surface area contributed by atoms with E-state index in [1.54, 1.807) is 25.3 Å². The number of carbonyl (C=O) groups excluding carboxylic acids is 1. The zero-order valence-electron chi connectivity index (χ0n) is 45.4. The van der Waals surface area contributed by atoms with Crippen LogP contribution in [-0.4, -0.2) is 114 Å². The van der Waals surface area contributed by atoms with Gasteiger partial charge in [-0.05, 0) is 130 Å². The molecule has 6 aromatic rings. The van der Waals surface area contributed by atoms with Gasteiger partial charge in [-0.15, -0.1) is 0 Å². The number of aliphatic hydroxyl groups is 1. The Morgan fingerprint density at radius 1 is 0.962 bits per heavy atom. The molecule has 1 amide bonds. The average molecular weight is 1090 g/mol. The number of halogens is 1. The van der Waals surface area contributed by atoms with E-state index < -0.39 is 32.4 Å². The van der Waals surface area contributed by atoms with Crippen molar-refractivity contribution in [1.82, 2.24) is 34.5 Å². The number of sulfonamides is 1. The Morgan fingerprint density at radius 2 is 1.73 bits per heavy atom. The van der Waals surface area contributed by atoms with Crippen LogP contribution in [0.3, 0.4) is 0 Å². The molecule has 2 atom stereocenters. The van der Waals surface area contributed by atoms with Crippen LogP contribution in [0.25, 0.3) is 11.0 Å². The van der Waals surface area contributed by atoms with Crippen LogP contribution in [0.5, 0.6) is 17.4 Å². The zero-order chi connectivity index (χ0) is 54.5. The van der Waals surface area contributed by atoms with Crippen molar-refractivity contribution in [1.29, 1.82) is 0 Å². The lowest BCUT2D eigenvalue weighted by Gasteiger charge is -2.58. The first-order chi connectivity index (χ1) is 37.4. The van der Waals surface area contributed by atoms with Crippen molar-refractivity contribution < 1.29 is 37.2 Å². The monoisotopic (exact) mass is 1080 g/mol. The molecular formula is C59H73FN10O7S. The maximum Gasteiger partial charge on any atom is 0.268 e. The van der Waals surface area contributed by atoms with E-state index in [9.17, 15) is 27.9 Å². The minimum Gasteiger partial charge on any atom is -0.629 e. The quantitative estimate of drug-likeness (QED) is 0.0542. The molecular weight excluding hydrogens is 1010 g/mol. The molecule has 2 aromatic carbocycles. The second kappa shape index (κ2) is 21.8. The van der Waals surface area contributed by atoms with Crippen molar-refractivity contribution in [3.8, 4) is 17.4 Å². The van der Waals surface area contributed by atoms with Crippen LogP contribution < -0.4 is 29.5 Å². The molecule has 5 fully saturated rings. The lowest BCUT2D eigenvalue weighted by atomic mass is 9.59. The van der Waals surface area contributed by atoms with Gasteiger partial charge >= 0.3 is 0 Å². The number of rotatable bonds is 17. The summed E-state index contributed by atoms with van der Waals surface area (Å²) in [6.45, 7) is 12.1. The van der Waals surface area contributed by atoms with Crippen molar-refractivity contribution in [2.45, 2.75) is 126 Å². The smallest absolute Gasteiger partial charge is 0.268 e. The number of fused-ring (bicyclic) bond motifs is 1. The van der Waals surface area contributed by atoms with E-state index in [0.29, 0.717) is 42.9 Å². The minimum atomic E-state index is -4.56. The fraction of sp³-hybridized carbons (Fsp3) is 0.492. The third-order valence-corrected chi connectivity index (χ3v) is 18.7. The number of nitrogens with one attached hydrogen (secondary N) is 4. The second-order valence-electron chi connectivity index (χ2n) is 23.4. The van der Waals surface area contributed by atoms with E-state index in [2.05, 4.69) is 89.9 Å². The van der Waals surface area contributed by atoms with E-state index in [0.717, 1.165) is 101 Å². The summed E-state index contributed by atoms with van der Waals surface area (Å²) in [6.07, 6.45) is 13.3. The number of ether oxygens (including phenoxy) is 2. The third-order valence-electron chi connectivity index (χ3n) is 17.4. The van der Waals surface area contributed by atoms with Crippen molar-refractivity contribution >= 4 is 44.2 Å². The van der Waals surface area contributed by atoms with E-state index in [1.165, 1.54) is 61.1 Å². The van der Waals surface area contributed by atoms with Crippen molar-refractivity contribution in [2.75, 3.05) is 63.6 Å². The lowest BCUT2D eigenvalue weighted by molar-refractivity contribution is -0.751. The van der Waals surface area contributed by atoms with Gasteiger partial charge in [-0.2, -0.15) is 0 Å². The van der Waals surface area contributed by atoms with Crippen LogP contribution in [0.4, 0.5) is 21.6 Å². The molecule has 5 aliphatic rings. The topological polar surface area (TPSA) is 206 Å². The molecule has 414 valence electrons. The van der Waals surface area contributed by atoms with Gasteiger partial charge in [0.1, 0.15) is 27.9 Å². The second-order valence-corrected chi connectivity index (χ2v) is 25.0. The molecule has 0 radical (unpaired) electrons. The predicted molar refractivity (Wildman–Crippen MR) is 297 cm³/mol. The molecule has 0 bridgehead atoms. The van der Waals surface area contributed by atoms with Gasteiger partial charge in [0.05, 0.1) is 48.8 Å². The first kappa shape index (κ1) is 53.8. The number of aromatic nitrogens is 4. The molecule has 11 rings (SSSR count). The van der Waals surface area contributed by atoms with E-state index in [-0.39, 0.29) is 56.2 Å². The number of amides is 1. The highest BCUT2D eigenvalue weighted by molar-refractivity contribution is 7.90. The number of hydrogen-bond donors (Lipinski definition) is 5. The number of piperidine rings is 1. The largest absolute Gasteiger partial charge is 0.629 e. The minimum absolute atomic E-state index is 0.0599. The van der Waals surface area contributed by atoms with Gasteiger partial charge in [-0.1, -0.05) is 44.2 Å². The first-order valence-corrected chi connectivity index (χ1v) is 29.3. The number of pyridine rings is 3. The molecule has 1 unspecified atom stereocenters. The molecule has 5 N–H and O–H groups in total. The molecule has 3 saturated carbocycles.